The molecule has 0 aromatic heterocycles. The van der Waals surface area contributed by atoms with Gasteiger partial charge in [0, 0.05) is 13.7 Å². The third-order valence-electron chi connectivity index (χ3n) is 2.21. The van der Waals surface area contributed by atoms with Crippen LogP contribution in [0.4, 0.5) is 0 Å². The Hall–Kier alpha value is -0.120. The monoisotopic (exact) mass is 188 g/mol. The molecule has 0 aliphatic heterocycles. The van der Waals surface area contributed by atoms with Gasteiger partial charge >= 0.3 is 0 Å². The average Bonchev–Trinajstić information content (AvgIpc) is 2.17. The van der Waals surface area contributed by atoms with Gasteiger partial charge in [-0.1, -0.05) is 13.8 Å². The fourth-order valence-corrected chi connectivity index (χ4v) is 1.27. The Labute approximate surface area is 82.4 Å². The molecule has 0 saturated heterocycles. The first kappa shape index (κ1) is 12.9. The normalized spacial score (nSPS) is 11.1. The highest BCUT2D eigenvalue weighted by molar-refractivity contribution is 4.54. The van der Waals surface area contributed by atoms with Gasteiger partial charge in [0.2, 0.25) is 0 Å². The lowest BCUT2D eigenvalue weighted by Crippen LogP contribution is -2.28. The number of nitrogens with one attached hydrogen (secondary N) is 1. The van der Waals surface area contributed by atoms with E-state index in [2.05, 4.69) is 24.1 Å². The van der Waals surface area contributed by atoms with Crippen LogP contribution < -0.4 is 5.32 Å². The quantitative estimate of drug-likeness (QED) is 0.545. The Morgan fingerprint density at radius 3 is 2.38 bits per heavy atom. The van der Waals surface area contributed by atoms with Crippen molar-refractivity contribution in [2.45, 2.75) is 20.3 Å². The predicted molar refractivity (Wildman–Crippen MR) is 57.2 cm³/mol. The van der Waals surface area contributed by atoms with Gasteiger partial charge in [-0.2, -0.15) is 0 Å². The van der Waals surface area contributed by atoms with E-state index >= 15 is 0 Å². The van der Waals surface area contributed by atoms with E-state index in [1.54, 1.807) is 7.11 Å². The zero-order valence-electron chi connectivity index (χ0n) is 9.31. The summed E-state index contributed by atoms with van der Waals surface area (Å²) in [7, 11) is 1.73. The summed E-state index contributed by atoms with van der Waals surface area (Å²) in [5, 5.41) is 3.34. The largest absolute Gasteiger partial charge is 0.383 e. The van der Waals surface area contributed by atoms with Crippen molar-refractivity contribution >= 4 is 0 Å². The highest BCUT2D eigenvalue weighted by Crippen LogP contribution is 1.88. The van der Waals surface area contributed by atoms with Crippen molar-refractivity contribution in [3.05, 3.63) is 0 Å². The molecule has 0 unspecified atom stereocenters. The smallest absolute Gasteiger partial charge is 0.0587 e. The van der Waals surface area contributed by atoms with Crippen molar-refractivity contribution in [2.75, 3.05) is 46.4 Å². The minimum Gasteiger partial charge on any atom is -0.383 e. The first-order valence-corrected chi connectivity index (χ1v) is 5.27. The summed E-state index contributed by atoms with van der Waals surface area (Å²) < 4.78 is 4.94. The van der Waals surface area contributed by atoms with Crippen LogP contribution in [0.1, 0.15) is 20.3 Å². The van der Waals surface area contributed by atoms with Crippen LogP contribution in [-0.2, 0) is 4.74 Å². The molecular formula is C10H24N2O. The number of nitrogens with zero attached hydrogens (tertiary/aromatic N) is 1. The van der Waals surface area contributed by atoms with Crippen molar-refractivity contribution in [1.82, 2.24) is 10.2 Å². The standard InChI is InChI=1S/C10H24N2O/c1-4-12(5-2)9-6-7-11-8-10-13-3/h11H,4-10H2,1-3H3. The van der Waals surface area contributed by atoms with Crippen molar-refractivity contribution in [3.8, 4) is 0 Å². The van der Waals surface area contributed by atoms with E-state index in [1.165, 1.54) is 13.0 Å². The van der Waals surface area contributed by atoms with Gasteiger partial charge in [0.25, 0.3) is 0 Å². The van der Waals surface area contributed by atoms with Crippen molar-refractivity contribution in [1.29, 1.82) is 0 Å². The number of rotatable bonds is 9. The van der Waals surface area contributed by atoms with Crippen LogP contribution in [0.15, 0.2) is 0 Å². The molecule has 0 bridgehead atoms. The molecule has 0 spiro atoms. The molecule has 3 nitrogen and oxygen atoms in total. The van der Waals surface area contributed by atoms with Crippen LogP contribution in [0.5, 0.6) is 0 Å². The minimum absolute atomic E-state index is 0.811. The molecule has 0 fully saturated rings. The molecule has 0 radical (unpaired) electrons. The van der Waals surface area contributed by atoms with Crippen LogP contribution in [0.25, 0.3) is 0 Å². The SMILES string of the molecule is CCN(CC)CCCNCCOC. The fraction of sp³-hybridized carbons (Fsp3) is 1.00. The number of hydrogen-bond donors (Lipinski definition) is 1. The van der Waals surface area contributed by atoms with Gasteiger partial charge in [-0.25, -0.2) is 0 Å². The maximum atomic E-state index is 4.94. The fourth-order valence-electron chi connectivity index (χ4n) is 1.27. The molecule has 0 atom stereocenters. The van der Waals surface area contributed by atoms with Crippen molar-refractivity contribution < 1.29 is 4.74 Å². The zero-order valence-corrected chi connectivity index (χ0v) is 9.31. The van der Waals surface area contributed by atoms with Crippen LogP contribution in [0.3, 0.4) is 0 Å². The Morgan fingerprint density at radius 2 is 1.85 bits per heavy atom. The van der Waals surface area contributed by atoms with Gasteiger partial charge in [-0.15, -0.1) is 0 Å². The molecule has 0 aliphatic carbocycles. The van der Waals surface area contributed by atoms with Gasteiger partial charge in [-0.3, -0.25) is 0 Å². The number of methoxy groups -OCH3 is 1. The van der Waals surface area contributed by atoms with Crippen LogP contribution in [-0.4, -0.2) is 51.3 Å². The van der Waals surface area contributed by atoms with Gasteiger partial charge in [0.15, 0.2) is 0 Å². The second-order valence-corrected chi connectivity index (χ2v) is 3.12. The third kappa shape index (κ3) is 8.22. The molecule has 80 valence electrons. The first-order chi connectivity index (χ1) is 6.35. The van der Waals surface area contributed by atoms with E-state index in [-0.39, 0.29) is 0 Å². The van der Waals surface area contributed by atoms with Crippen LogP contribution >= 0.6 is 0 Å². The molecule has 0 rings (SSSR count). The summed E-state index contributed by atoms with van der Waals surface area (Å²) in [6.45, 7) is 10.8. The lowest BCUT2D eigenvalue weighted by molar-refractivity contribution is 0.198. The molecule has 0 aromatic carbocycles. The topological polar surface area (TPSA) is 24.5 Å². The van der Waals surface area contributed by atoms with E-state index in [1.807, 2.05) is 0 Å². The van der Waals surface area contributed by atoms with Crippen LogP contribution in [0.2, 0.25) is 0 Å². The van der Waals surface area contributed by atoms with Crippen molar-refractivity contribution in [2.24, 2.45) is 0 Å². The summed E-state index contributed by atoms with van der Waals surface area (Å²) >= 11 is 0. The lowest BCUT2D eigenvalue weighted by atomic mass is 10.3. The van der Waals surface area contributed by atoms with E-state index in [9.17, 15) is 0 Å². The molecule has 1 N–H and O–H groups in total. The molecular weight excluding hydrogens is 164 g/mol. The van der Waals surface area contributed by atoms with E-state index in [0.717, 1.165) is 32.8 Å². The Balaban J connectivity index is 3.05. The summed E-state index contributed by atoms with van der Waals surface area (Å²) in [6.07, 6.45) is 1.23. The van der Waals surface area contributed by atoms with Gasteiger partial charge in [-0.05, 0) is 32.6 Å². The second-order valence-electron chi connectivity index (χ2n) is 3.12. The van der Waals surface area contributed by atoms with E-state index < -0.39 is 0 Å². The summed E-state index contributed by atoms with van der Waals surface area (Å²) in [5.74, 6) is 0. The molecule has 0 amide bonds. The van der Waals surface area contributed by atoms with Gasteiger partial charge < -0.3 is 15.0 Å². The highest BCUT2D eigenvalue weighted by Gasteiger charge is 1.96. The Morgan fingerprint density at radius 1 is 1.15 bits per heavy atom. The maximum Gasteiger partial charge on any atom is 0.0587 e. The number of hydrogen-bond acceptors (Lipinski definition) is 3. The summed E-state index contributed by atoms with van der Waals surface area (Å²) in [5.41, 5.74) is 0. The maximum absolute atomic E-state index is 4.94. The molecule has 0 saturated carbocycles. The molecule has 3 heteroatoms. The van der Waals surface area contributed by atoms with E-state index in [0.29, 0.717) is 0 Å². The summed E-state index contributed by atoms with van der Waals surface area (Å²) in [6, 6.07) is 0. The summed E-state index contributed by atoms with van der Waals surface area (Å²) in [4.78, 5) is 2.44. The van der Waals surface area contributed by atoms with Gasteiger partial charge in [0.05, 0.1) is 6.61 Å². The lowest BCUT2D eigenvalue weighted by Gasteiger charge is -2.17. The molecule has 0 heterocycles. The van der Waals surface area contributed by atoms with Crippen LogP contribution in [0, 0.1) is 0 Å². The minimum atomic E-state index is 0.811. The highest BCUT2D eigenvalue weighted by atomic mass is 16.5. The second kappa shape index (κ2) is 9.96. The zero-order chi connectivity index (χ0) is 9.94. The third-order valence-corrected chi connectivity index (χ3v) is 2.21. The predicted octanol–water partition coefficient (Wildman–Crippen LogP) is 0.954. The average molecular weight is 188 g/mol. The van der Waals surface area contributed by atoms with Crippen molar-refractivity contribution in [3.63, 3.8) is 0 Å². The molecule has 13 heavy (non-hydrogen) atoms. The first-order valence-electron chi connectivity index (χ1n) is 5.27. The Bertz CT molecular complexity index is 94.9. The van der Waals surface area contributed by atoms with Gasteiger partial charge in [0.1, 0.15) is 0 Å². The number of ether oxygens (including phenoxy) is 1. The molecule has 0 aliphatic rings. The Kier molecular flexibility index (Phi) is 9.87. The van der Waals surface area contributed by atoms with E-state index in [4.69, 9.17) is 4.74 Å². The molecule has 0 aromatic rings.